The molecule has 7 heteroatoms. The average molecular weight is 487 g/mol. The minimum absolute atomic E-state index is 0.0448. The van der Waals surface area contributed by atoms with Crippen LogP contribution >= 0.6 is 0 Å². The van der Waals surface area contributed by atoms with Crippen LogP contribution in [0.1, 0.15) is 142 Å². The smallest absolute Gasteiger partial charge is 0.466 e. The molecule has 6 nitrogen and oxygen atoms in total. The molecule has 0 aliphatic carbocycles. The Labute approximate surface area is 204 Å². The summed E-state index contributed by atoms with van der Waals surface area (Å²) in [5, 5.41) is 0. The lowest BCUT2D eigenvalue weighted by Gasteiger charge is -2.06. The first kappa shape index (κ1) is 33.9. The first-order chi connectivity index (χ1) is 16.1. The zero-order chi connectivity index (χ0) is 24.8. The van der Waals surface area contributed by atoms with Crippen LogP contribution in [0.5, 0.6) is 0 Å². The van der Waals surface area contributed by atoms with Crippen molar-refractivity contribution in [1.29, 1.82) is 0 Å². The van der Waals surface area contributed by atoms with Gasteiger partial charge in [-0.25, -0.2) is 0 Å². The Morgan fingerprint density at radius 1 is 0.485 bits per heavy atom. The van der Waals surface area contributed by atoms with Crippen LogP contribution < -0.4 is 0 Å². The van der Waals surface area contributed by atoms with Crippen molar-refractivity contribution < 1.29 is 28.0 Å². The summed E-state index contributed by atoms with van der Waals surface area (Å²) in [5.74, 6) is -0.0895. The van der Waals surface area contributed by atoms with Gasteiger partial charge in [-0.1, -0.05) is 104 Å². The fourth-order valence-corrected chi connectivity index (χ4v) is 3.53. The number of esters is 2. The highest BCUT2D eigenvalue weighted by atomic mass is 28.2. The minimum Gasteiger partial charge on any atom is -0.466 e. The summed E-state index contributed by atoms with van der Waals surface area (Å²) in [5.41, 5.74) is 0. The van der Waals surface area contributed by atoms with Gasteiger partial charge < -0.3 is 9.47 Å². The van der Waals surface area contributed by atoms with Crippen LogP contribution in [0, 0.1) is 0 Å². The van der Waals surface area contributed by atoms with Crippen molar-refractivity contribution in [3.63, 3.8) is 0 Å². The molecule has 0 aromatic carbocycles. The quantitative estimate of drug-likeness (QED) is 0.0855. The maximum Gasteiger partial charge on any atom is 0.549 e. The van der Waals surface area contributed by atoms with E-state index in [-0.39, 0.29) is 11.9 Å². The Hall–Kier alpha value is -1.24. The van der Waals surface area contributed by atoms with Crippen molar-refractivity contribution in [2.75, 3.05) is 13.2 Å². The van der Waals surface area contributed by atoms with Gasteiger partial charge in [0.2, 0.25) is 0 Å². The molecule has 0 unspecified atom stereocenters. The first-order valence-corrected chi connectivity index (χ1v) is 14.2. The van der Waals surface area contributed by atoms with Gasteiger partial charge in [0.05, 0.1) is 13.2 Å². The molecule has 0 N–H and O–H groups in total. The third-order valence-electron chi connectivity index (χ3n) is 5.53. The molecular formula is C26H50O6Si. The van der Waals surface area contributed by atoms with Crippen molar-refractivity contribution >= 4 is 21.2 Å². The Bertz CT molecular complexity index is 428. The molecular weight excluding hydrogens is 436 g/mol. The number of hydrogen-bond acceptors (Lipinski definition) is 6. The topological polar surface area (TPSA) is 86.7 Å². The zero-order valence-corrected chi connectivity index (χ0v) is 22.5. The van der Waals surface area contributed by atoms with Crippen molar-refractivity contribution in [3.05, 3.63) is 0 Å². The molecule has 33 heavy (non-hydrogen) atoms. The highest BCUT2D eigenvalue weighted by Gasteiger charge is 2.04. The number of unbranched alkanes of at least 4 members (excludes halogenated alkanes) is 15. The average Bonchev–Trinajstić information content (AvgIpc) is 2.80. The number of carbonyl (C=O) groups is 2. The minimum atomic E-state index is -1.42. The van der Waals surface area contributed by atoms with E-state index in [0.717, 1.165) is 51.4 Å². The molecule has 0 atom stereocenters. The van der Waals surface area contributed by atoms with Gasteiger partial charge in [0.15, 0.2) is 0 Å². The van der Waals surface area contributed by atoms with Gasteiger partial charge in [0.25, 0.3) is 0 Å². The number of hydrogen-bond donors (Lipinski definition) is 0. The van der Waals surface area contributed by atoms with Crippen LogP contribution in [0.3, 0.4) is 0 Å². The Kier molecular flexibility index (Phi) is 31.6. The van der Waals surface area contributed by atoms with Crippen LogP contribution in [-0.2, 0) is 28.0 Å². The largest absolute Gasteiger partial charge is 0.549 e. The van der Waals surface area contributed by atoms with Crippen LogP contribution in [0.15, 0.2) is 0 Å². The van der Waals surface area contributed by atoms with E-state index in [1.165, 1.54) is 64.2 Å². The van der Waals surface area contributed by atoms with E-state index in [4.69, 9.17) is 18.4 Å². The second-order valence-electron chi connectivity index (χ2n) is 8.68. The van der Waals surface area contributed by atoms with E-state index in [9.17, 15) is 9.59 Å². The summed E-state index contributed by atoms with van der Waals surface area (Å²) in [6.45, 7) is 5.60. The summed E-state index contributed by atoms with van der Waals surface area (Å²) < 4.78 is 27.4. The summed E-state index contributed by atoms with van der Waals surface area (Å²) in [6.07, 6.45) is 21.9. The normalized spacial score (nSPS) is 10.1. The van der Waals surface area contributed by atoms with Gasteiger partial charge in [-0.3, -0.25) is 18.5 Å². The highest BCUT2D eigenvalue weighted by Crippen LogP contribution is 2.11. The van der Waals surface area contributed by atoms with Crippen molar-refractivity contribution in [3.8, 4) is 0 Å². The number of rotatable bonds is 23. The third-order valence-corrected chi connectivity index (χ3v) is 5.53. The first-order valence-electron chi connectivity index (χ1n) is 13.4. The lowest BCUT2D eigenvalue weighted by molar-refractivity contribution is -0.144. The molecule has 0 fully saturated rings. The van der Waals surface area contributed by atoms with E-state index in [2.05, 4.69) is 13.8 Å². The second-order valence-corrected chi connectivity index (χ2v) is 8.85. The summed E-state index contributed by atoms with van der Waals surface area (Å²) in [4.78, 5) is 23.4. The lowest BCUT2D eigenvalue weighted by atomic mass is 10.1. The molecule has 194 valence electrons. The molecule has 0 rings (SSSR count). The molecule has 0 spiro atoms. The molecule has 0 saturated heterocycles. The molecule has 0 aliphatic heterocycles. The van der Waals surface area contributed by atoms with E-state index in [1.807, 2.05) is 0 Å². The molecule has 0 saturated carbocycles. The van der Waals surface area contributed by atoms with Gasteiger partial charge in [0.1, 0.15) is 0 Å². The summed E-state index contributed by atoms with van der Waals surface area (Å²) in [7, 11) is -1.42. The summed E-state index contributed by atoms with van der Waals surface area (Å²) >= 11 is 0. The predicted molar refractivity (Wildman–Crippen MR) is 133 cm³/mol. The Morgan fingerprint density at radius 3 is 1.09 bits per heavy atom. The fourth-order valence-electron chi connectivity index (χ4n) is 3.53. The molecule has 0 amide bonds. The van der Waals surface area contributed by atoms with E-state index in [1.54, 1.807) is 0 Å². The van der Waals surface area contributed by atoms with Crippen molar-refractivity contribution in [1.82, 2.24) is 0 Å². The monoisotopic (exact) mass is 486 g/mol. The van der Waals surface area contributed by atoms with Crippen LogP contribution in [0.25, 0.3) is 0 Å². The summed E-state index contributed by atoms with van der Waals surface area (Å²) in [6, 6.07) is 0. The van der Waals surface area contributed by atoms with Gasteiger partial charge in [-0.15, -0.1) is 0 Å². The predicted octanol–water partition coefficient (Wildman–Crippen LogP) is 7.30. The maximum absolute atomic E-state index is 11.7. The fraction of sp³-hybridized carbons (Fsp3) is 0.923. The lowest BCUT2D eigenvalue weighted by Crippen LogP contribution is -2.06. The standard InChI is InChI=1S/C26H50O4.O2Si/c1-3-5-7-9-15-19-23-29-25(27)21-17-13-11-12-14-18-22-26(28)30-24-20-16-10-8-6-4-2;1-3-2/h3-24H2,1-2H3;. The van der Waals surface area contributed by atoms with Gasteiger partial charge >= 0.3 is 21.2 Å². The SMILES string of the molecule is CCCCCCCCOC(=O)CCCCCCCCC(=O)OCCCCCCCC.O=[Si]=O. The molecule has 0 aliphatic rings. The van der Waals surface area contributed by atoms with Crippen molar-refractivity contribution in [2.45, 2.75) is 142 Å². The Balaban J connectivity index is 0. The molecule has 0 heterocycles. The molecule has 0 aromatic rings. The van der Waals surface area contributed by atoms with E-state index >= 15 is 0 Å². The van der Waals surface area contributed by atoms with Gasteiger partial charge in [-0.2, -0.15) is 0 Å². The van der Waals surface area contributed by atoms with Crippen LogP contribution in [0.2, 0.25) is 0 Å². The Morgan fingerprint density at radius 2 is 0.758 bits per heavy atom. The highest BCUT2D eigenvalue weighted by molar-refractivity contribution is 5.94. The van der Waals surface area contributed by atoms with Gasteiger partial charge in [-0.05, 0) is 25.7 Å². The van der Waals surface area contributed by atoms with Crippen LogP contribution in [-0.4, -0.2) is 34.4 Å². The van der Waals surface area contributed by atoms with Gasteiger partial charge in [0, 0.05) is 12.8 Å². The van der Waals surface area contributed by atoms with Crippen LogP contribution in [0.4, 0.5) is 0 Å². The third kappa shape index (κ3) is 33.0. The van der Waals surface area contributed by atoms with E-state index in [0.29, 0.717) is 26.1 Å². The van der Waals surface area contributed by atoms with Crippen molar-refractivity contribution in [2.24, 2.45) is 0 Å². The second kappa shape index (κ2) is 30.8. The molecule has 0 aromatic heterocycles. The van der Waals surface area contributed by atoms with E-state index < -0.39 is 9.29 Å². The number of carbonyl (C=O) groups excluding carboxylic acids is 2. The molecule has 0 bridgehead atoms. The molecule has 0 radical (unpaired) electrons. The number of ether oxygens (including phenoxy) is 2. The maximum atomic E-state index is 11.7. The zero-order valence-electron chi connectivity index (χ0n) is 21.5.